The van der Waals surface area contributed by atoms with Crippen molar-refractivity contribution in [3.05, 3.63) is 58.6 Å². The van der Waals surface area contributed by atoms with Gasteiger partial charge in [-0.25, -0.2) is 0 Å². The Balaban J connectivity index is 1.20. The van der Waals surface area contributed by atoms with Gasteiger partial charge >= 0.3 is 0 Å². The summed E-state index contributed by atoms with van der Waals surface area (Å²) in [7, 11) is 0. The SMILES string of the molecule is O=C(CCOc1cccc(Cl)c1)N1CCN(Cc2ccc3c(c2)CCO3)CC1. The molecule has 4 rings (SSSR count). The van der Waals surface area contributed by atoms with Gasteiger partial charge < -0.3 is 14.4 Å². The largest absolute Gasteiger partial charge is 0.493 e. The summed E-state index contributed by atoms with van der Waals surface area (Å²) >= 11 is 5.94. The number of hydrogen-bond donors (Lipinski definition) is 0. The van der Waals surface area contributed by atoms with E-state index < -0.39 is 0 Å². The zero-order chi connectivity index (χ0) is 19.3. The number of ether oxygens (including phenoxy) is 2. The smallest absolute Gasteiger partial charge is 0.226 e. The summed E-state index contributed by atoms with van der Waals surface area (Å²) < 4.78 is 11.2. The molecule has 2 aromatic carbocycles. The zero-order valence-corrected chi connectivity index (χ0v) is 16.7. The fourth-order valence-electron chi connectivity index (χ4n) is 3.72. The average Bonchev–Trinajstić information content (AvgIpc) is 3.16. The van der Waals surface area contributed by atoms with Gasteiger partial charge in [-0.15, -0.1) is 0 Å². The second-order valence-corrected chi connectivity index (χ2v) is 7.69. The van der Waals surface area contributed by atoms with Gasteiger partial charge in [0.25, 0.3) is 0 Å². The molecule has 148 valence electrons. The van der Waals surface area contributed by atoms with E-state index in [2.05, 4.69) is 23.1 Å². The molecule has 2 heterocycles. The maximum absolute atomic E-state index is 12.4. The van der Waals surface area contributed by atoms with Gasteiger partial charge in [0.05, 0.1) is 19.6 Å². The van der Waals surface area contributed by atoms with E-state index in [0.29, 0.717) is 23.8 Å². The highest BCUT2D eigenvalue weighted by Gasteiger charge is 2.21. The summed E-state index contributed by atoms with van der Waals surface area (Å²) in [5.74, 6) is 1.88. The molecular weight excluding hydrogens is 376 g/mol. The highest BCUT2D eigenvalue weighted by molar-refractivity contribution is 6.30. The van der Waals surface area contributed by atoms with E-state index in [4.69, 9.17) is 21.1 Å². The van der Waals surface area contributed by atoms with E-state index >= 15 is 0 Å². The van der Waals surface area contributed by atoms with Crippen LogP contribution in [0.25, 0.3) is 0 Å². The number of benzene rings is 2. The van der Waals surface area contributed by atoms with E-state index in [1.54, 1.807) is 12.1 Å². The summed E-state index contributed by atoms with van der Waals surface area (Å²) in [5.41, 5.74) is 2.63. The Morgan fingerprint density at radius 3 is 2.79 bits per heavy atom. The predicted molar refractivity (Wildman–Crippen MR) is 109 cm³/mol. The molecule has 5 nitrogen and oxygen atoms in total. The molecule has 1 amide bonds. The van der Waals surface area contributed by atoms with Crippen LogP contribution in [-0.2, 0) is 17.8 Å². The quantitative estimate of drug-likeness (QED) is 0.745. The predicted octanol–water partition coefficient (Wildman–Crippen LogP) is 3.39. The monoisotopic (exact) mass is 400 g/mol. The van der Waals surface area contributed by atoms with Crippen molar-refractivity contribution in [1.29, 1.82) is 0 Å². The van der Waals surface area contributed by atoms with E-state index in [9.17, 15) is 4.79 Å². The van der Waals surface area contributed by atoms with E-state index in [0.717, 1.165) is 51.5 Å². The molecule has 28 heavy (non-hydrogen) atoms. The van der Waals surface area contributed by atoms with Crippen LogP contribution in [0.15, 0.2) is 42.5 Å². The summed E-state index contributed by atoms with van der Waals surface area (Å²) in [6, 6.07) is 13.7. The summed E-state index contributed by atoms with van der Waals surface area (Å²) in [5, 5.41) is 0.635. The third kappa shape index (κ3) is 4.78. The third-order valence-corrected chi connectivity index (χ3v) is 5.50. The molecule has 2 aliphatic rings. The average molecular weight is 401 g/mol. The Kier molecular flexibility index (Phi) is 6.03. The van der Waals surface area contributed by atoms with Crippen molar-refractivity contribution in [2.24, 2.45) is 0 Å². The van der Waals surface area contributed by atoms with Crippen LogP contribution in [0.3, 0.4) is 0 Å². The highest BCUT2D eigenvalue weighted by atomic mass is 35.5. The Morgan fingerprint density at radius 2 is 1.96 bits per heavy atom. The number of fused-ring (bicyclic) bond motifs is 1. The molecular formula is C22H25ClN2O3. The van der Waals surface area contributed by atoms with Gasteiger partial charge in [-0.3, -0.25) is 9.69 Å². The van der Waals surface area contributed by atoms with Crippen molar-refractivity contribution in [3.63, 3.8) is 0 Å². The van der Waals surface area contributed by atoms with Crippen LogP contribution in [0.4, 0.5) is 0 Å². The van der Waals surface area contributed by atoms with Gasteiger partial charge in [0.15, 0.2) is 0 Å². The third-order valence-electron chi connectivity index (χ3n) is 5.27. The summed E-state index contributed by atoms with van der Waals surface area (Å²) in [6.07, 6.45) is 1.39. The molecule has 2 aromatic rings. The maximum Gasteiger partial charge on any atom is 0.226 e. The van der Waals surface area contributed by atoms with E-state index in [1.165, 1.54) is 11.1 Å². The van der Waals surface area contributed by atoms with E-state index in [1.807, 2.05) is 17.0 Å². The van der Waals surface area contributed by atoms with Gasteiger partial charge in [0.1, 0.15) is 11.5 Å². The lowest BCUT2D eigenvalue weighted by Gasteiger charge is -2.34. The minimum absolute atomic E-state index is 0.149. The molecule has 6 heteroatoms. The molecule has 0 aliphatic carbocycles. The van der Waals surface area contributed by atoms with Crippen LogP contribution in [0.5, 0.6) is 11.5 Å². The van der Waals surface area contributed by atoms with Crippen molar-refractivity contribution in [1.82, 2.24) is 9.80 Å². The first-order valence-corrected chi connectivity index (χ1v) is 10.2. The van der Waals surface area contributed by atoms with Crippen LogP contribution < -0.4 is 9.47 Å². The van der Waals surface area contributed by atoms with Crippen molar-refractivity contribution in [2.45, 2.75) is 19.4 Å². The fourth-order valence-corrected chi connectivity index (χ4v) is 3.90. The molecule has 2 aliphatic heterocycles. The lowest BCUT2D eigenvalue weighted by Crippen LogP contribution is -2.48. The number of hydrogen-bond acceptors (Lipinski definition) is 4. The minimum atomic E-state index is 0.149. The second kappa shape index (κ2) is 8.84. The standard InChI is InChI=1S/C22H25ClN2O3/c23-19-2-1-3-20(15-19)27-13-7-22(26)25-10-8-24(9-11-25)16-17-4-5-21-18(14-17)6-12-28-21/h1-5,14-15H,6-13,16H2. The first kappa shape index (κ1) is 19.1. The van der Waals surface area contributed by atoms with Crippen molar-refractivity contribution >= 4 is 17.5 Å². The Hall–Kier alpha value is -2.24. The fraction of sp³-hybridized carbons (Fsp3) is 0.409. The van der Waals surface area contributed by atoms with Crippen LogP contribution in [0.2, 0.25) is 5.02 Å². The molecule has 0 spiro atoms. The first-order chi connectivity index (χ1) is 13.7. The molecule has 0 atom stereocenters. The van der Waals surface area contributed by atoms with Gasteiger partial charge in [-0.2, -0.15) is 0 Å². The summed E-state index contributed by atoms with van der Waals surface area (Å²) in [4.78, 5) is 16.8. The minimum Gasteiger partial charge on any atom is -0.493 e. The summed E-state index contributed by atoms with van der Waals surface area (Å²) in [6.45, 7) is 5.42. The number of rotatable bonds is 6. The molecule has 0 bridgehead atoms. The zero-order valence-electron chi connectivity index (χ0n) is 15.9. The van der Waals surface area contributed by atoms with Crippen molar-refractivity contribution in [2.75, 3.05) is 39.4 Å². The van der Waals surface area contributed by atoms with Gasteiger partial charge in [-0.1, -0.05) is 29.8 Å². The Morgan fingerprint density at radius 1 is 1.11 bits per heavy atom. The number of carbonyl (C=O) groups excluding carboxylic acids is 1. The normalized spacial score (nSPS) is 16.5. The first-order valence-electron chi connectivity index (χ1n) is 9.80. The molecule has 0 N–H and O–H groups in total. The maximum atomic E-state index is 12.4. The number of amides is 1. The van der Waals surface area contributed by atoms with Crippen molar-refractivity contribution in [3.8, 4) is 11.5 Å². The lowest BCUT2D eigenvalue weighted by molar-refractivity contribution is -0.133. The Bertz CT molecular complexity index is 834. The molecule has 0 unspecified atom stereocenters. The number of nitrogens with zero attached hydrogens (tertiary/aromatic N) is 2. The van der Waals surface area contributed by atoms with Gasteiger partial charge in [0.2, 0.25) is 5.91 Å². The molecule has 0 radical (unpaired) electrons. The lowest BCUT2D eigenvalue weighted by atomic mass is 10.1. The van der Waals surface area contributed by atoms with Crippen LogP contribution in [0, 0.1) is 0 Å². The van der Waals surface area contributed by atoms with Gasteiger partial charge in [0, 0.05) is 44.2 Å². The van der Waals surface area contributed by atoms with Crippen LogP contribution in [-0.4, -0.2) is 55.1 Å². The van der Waals surface area contributed by atoms with Crippen molar-refractivity contribution < 1.29 is 14.3 Å². The molecule has 1 saturated heterocycles. The van der Waals surface area contributed by atoms with Crippen LogP contribution in [0.1, 0.15) is 17.5 Å². The number of halogens is 1. The number of piperazine rings is 1. The second-order valence-electron chi connectivity index (χ2n) is 7.25. The molecule has 0 saturated carbocycles. The Labute approximate surface area is 170 Å². The molecule has 0 aromatic heterocycles. The van der Waals surface area contributed by atoms with E-state index in [-0.39, 0.29) is 5.91 Å². The van der Waals surface area contributed by atoms with Gasteiger partial charge in [-0.05, 0) is 35.4 Å². The number of carbonyl (C=O) groups is 1. The molecule has 1 fully saturated rings. The highest BCUT2D eigenvalue weighted by Crippen LogP contribution is 2.26. The van der Waals surface area contributed by atoms with Crippen LogP contribution >= 0.6 is 11.6 Å². The topological polar surface area (TPSA) is 42.0 Å².